The first-order valence-corrected chi connectivity index (χ1v) is 11.6. The van der Waals surface area contributed by atoms with Gasteiger partial charge in [-0.1, -0.05) is 37.3 Å². The second-order valence-electron chi connectivity index (χ2n) is 8.50. The molecule has 1 aromatic carbocycles. The van der Waals surface area contributed by atoms with Crippen LogP contribution in [0.3, 0.4) is 0 Å². The third kappa shape index (κ3) is 4.67. The van der Waals surface area contributed by atoms with E-state index < -0.39 is 0 Å². The number of benzene rings is 1. The molecule has 33 heavy (non-hydrogen) atoms. The molecule has 172 valence electrons. The molecule has 2 aromatic heterocycles. The summed E-state index contributed by atoms with van der Waals surface area (Å²) in [6.07, 6.45) is 4.95. The van der Waals surface area contributed by atoms with Gasteiger partial charge in [0.15, 0.2) is 5.69 Å². The second kappa shape index (κ2) is 9.98. The highest BCUT2D eigenvalue weighted by molar-refractivity contribution is 5.94. The van der Waals surface area contributed by atoms with Crippen LogP contribution < -0.4 is 0 Å². The molecular formula is C26H31N5O2. The molecular weight excluding hydrogens is 414 g/mol. The lowest BCUT2D eigenvalue weighted by Crippen LogP contribution is -2.38. The monoisotopic (exact) mass is 445 g/mol. The minimum absolute atomic E-state index is 0.0989. The highest BCUT2D eigenvalue weighted by Crippen LogP contribution is 2.27. The number of aryl methyl sites for hydroxylation is 1. The van der Waals surface area contributed by atoms with E-state index in [1.54, 1.807) is 11.1 Å². The molecule has 7 nitrogen and oxygen atoms in total. The molecule has 1 aliphatic rings. The first kappa shape index (κ1) is 22.7. The summed E-state index contributed by atoms with van der Waals surface area (Å²) < 4.78 is 0. The van der Waals surface area contributed by atoms with Gasteiger partial charge in [0.25, 0.3) is 5.91 Å². The molecule has 1 atom stereocenters. The number of nitrogens with zero attached hydrogens (tertiary/aromatic N) is 4. The molecule has 7 heteroatoms. The predicted molar refractivity (Wildman–Crippen MR) is 128 cm³/mol. The Kier molecular flexibility index (Phi) is 6.87. The Labute approximate surface area is 194 Å². The maximum Gasteiger partial charge on any atom is 0.274 e. The second-order valence-corrected chi connectivity index (χ2v) is 8.50. The van der Waals surface area contributed by atoms with E-state index in [1.165, 1.54) is 0 Å². The summed E-state index contributed by atoms with van der Waals surface area (Å²) in [5.41, 5.74) is 5.50. The van der Waals surface area contributed by atoms with Crippen LogP contribution in [-0.4, -0.2) is 63.0 Å². The molecule has 3 aromatic rings. The first-order chi connectivity index (χ1) is 16.0. The Balaban J connectivity index is 1.63. The summed E-state index contributed by atoms with van der Waals surface area (Å²) in [6.45, 7) is 8.00. The molecule has 0 radical (unpaired) electrons. The average Bonchev–Trinajstić information content (AvgIpc) is 3.15. The number of nitrogens with one attached hydrogen (secondary N) is 1. The smallest absolute Gasteiger partial charge is 0.274 e. The van der Waals surface area contributed by atoms with Crippen LogP contribution in [0.25, 0.3) is 11.1 Å². The van der Waals surface area contributed by atoms with Crippen molar-refractivity contribution in [2.24, 2.45) is 5.92 Å². The van der Waals surface area contributed by atoms with Crippen LogP contribution in [0.2, 0.25) is 0 Å². The van der Waals surface area contributed by atoms with E-state index >= 15 is 0 Å². The molecule has 1 aliphatic heterocycles. The van der Waals surface area contributed by atoms with Gasteiger partial charge in [-0.25, -0.2) is 0 Å². The highest BCUT2D eigenvalue weighted by Gasteiger charge is 2.33. The van der Waals surface area contributed by atoms with E-state index in [0.717, 1.165) is 34.4 Å². The summed E-state index contributed by atoms with van der Waals surface area (Å²) >= 11 is 0. The highest BCUT2D eigenvalue weighted by atomic mass is 16.2. The van der Waals surface area contributed by atoms with Gasteiger partial charge in [-0.3, -0.25) is 19.7 Å². The molecule has 1 fully saturated rings. The zero-order chi connectivity index (χ0) is 23.4. The number of carbonyl (C=O) groups is 2. The molecule has 4 rings (SSSR count). The van der Waals surface area contributed by atoms with Crippen molar-refractivity contribution in [2.75, 3.05) is 26.2 Å². The van der Waals surface area contributed by atoms with Gasteiger partial charge in [0.05, 0.1) is 5.92 Å². The molecule has 3 heterocycles. The molecule has 1 unspecified atom stereocenters. The lowest BCUT2D eigenvalue weighted by molar-refractivity contribution is -0.134. The number of amides is 2. The Morgan fingerprint density at radius 2 is 1.97 bits per heavy atom. The van der Waals surface area contributed by atoms with Gasteiger partial charge in [-0.2, -0.15) is 5.10 Å². The summed E-state index contributed by atoms with van der Waals surface area (Å²) in [5.74, 6) is -0.333. The molecule has 2 amide bonds. The minimum Gasteiger partial charge on any atom is -0.341 e. The SMILES string of the molecule is CCc1[nH]nc(C(=O)N2CCN(CC)C(=O)C(Cc3ccccc3-c3cccnc3)C2)c1C. The third-order valence-corrected chi connectivity index (χ3v) is 6.53. The van der Waals surface area contributed by atoms with Gasteiger partial charge in [-0.05, 0) is 43.9 Å². The van der Waals surface area contributed by atoms with Gasteiger partial charge in [0.2, 0.25) is 5.91 Å². The maximum absolute atomic E-state index is 13.4. The molecule has 1 N–H and O–H groups in total. The van der Waals surface area contributed by atoms with Gasteiger partial charge in [0, 0.05) is 55.4 Å². The zero-order valence-electron chi connectivity index (χ0n) is 19.5. The van der Waals surface area contributed by atoms with Crippen molar-refractivity contribution >= 4 is 11.8 Å². The number of H-pyrrole nitrogens is 1. The van der Waals surface area contributed by atoms with E-state index in [1.807, 2.05) is 56.1 Å². The number of aromatic amines is 1. The van der Waals surface area contributed by atoms with E-state index in [2.05, 4.69) is 27.3 Å². The molecule has 0 aliphatic carbocycles. The van der Waals surface area contributed by atoms with E-state index in [-0.39, 0.29) is 17.7 Å². The Hall–Kier alpha value is -3.48. The van der Waals surface area contributed by atoms with Gasteiger partial charge < -0.3 is 9.80 Å². The van der Waals surface area contributed by atoms with Gasteiger partial charge in [0.1, 0.15) is 0 Å². The maximum atomic E-state index is 13.4. The van der Waals surface area contributed by atoms with Crippen molar-refractivity contribution in [2.45, 2.75) is 33.6 Å². The Bertz CT molecular complexity index is 1120. The summed E-state index contributed by atoms with van der Waals surface area (Å²) in [7, 11) is 0. The molecule has 0 saturated carbocycles. The zero-order valence-corrected chi connectivity index (χ0v) is 19.5. The summed E-state index contributed by atoms with van der Waals surface area (Å²) in [6, 6.07) is 12.1. The normalized spacial score (nSPS) is 16.7. The third-order valence-electron chi connectivity index (χ3n) is 6.53. The van der Waals surface area contributed by atoms with E-state index in [4.69, 9.17) is 0 Å². The number of rotatable bonds is 6. The van der Waals surface area contributed by atoms with Crippen LogP contribution in [0.4, 0.5) is 0 Å². The molecule has 0 spiro atoms. The van der Waals surface area contributed by atoms with Crippen LogP contribution in [-0.2, 0) is 17.6 Å². The van der Waals surface area contributed by atoms with Crippen molar-refractivity contribution in [3.8, 4) is 11.1 Å². The lowest BCUT2D eigenvalue weighted by atomic mass is 9.91. The van der Waals surface area contributed by atoms with Crippen LogP contribution in [0.5, 0.6) is 0 Å². The summed E-state index contributed by atoms with van der Waals surface area (Å²) in [4.78, 5) is 34.7. The number of hydrogen-bond acceptors (Lipinski definition) is 4. The van der Waals surface area contributed by atoms with Crippen molar-refractivity contribution < 1.29 is 9.59 Å². The standard InChI is InChI=1S/C26H31N5O2/c1-4-23-18(3)24(29-28-23)26(33)31-14-13-30(5-2)25(32)21(17-31)15-19-9-6-7-11-22(19)20-10-8-12-27-16-20/h6-12,16,21H,4-5,13-15,17H2,1-3H3,(H,28,29). The van der Waals surface area contributed by atoms with Crippen LogP contribution >= 0.6 is 0 Å². The molecule has 0 bridgehead atoms. The van der Waals surface area contributed by atoms with Gasteiger partial charge in [-0.15, -0.1) is 0 Å². The fourth-order valence-corrected chi connectivity index (χ4v) is 4.60. The first-order valence-electron chi connectivity index (χ1n) is 11.6. The van der Waals surface area contributed by atoms with Crippen molar-refractivity contribution in [1.82, 2.24) is 25.0 Å². The molecule has 1 saturated heterocycles. The number of likely N-dealkylation sites (N-methyl/N-ethyl adjacent to an activating group) is 1. The fraction of sp³-hybridized carbons (Fsp3) is 0.385. The minimum atomic E-state index is -0.320. The Morgan fingerprint density at radius 3 is 2.67 bits per heavy atom. The number of carbonyl (C=O) groups excluding carboxylic acids is 2. The van der Waals surface area contributed by atoms with Crippen LogP contribution in [0, 0.1) is 12.8 Å². The summed E-state index contributed by atoms with van der Waals surface area (Å²) in [5, 5.41) is 7.28. The van der Waals surface area contributed by atoms with E-state index in [0.29, 0.717) is 38.3 Å². The van der Waals surface area contributed by atoms with Crippen molar-refractivity contribution in [1.29, 1.82) is 0 Å². The van der Waals surface area contributed by atoms with Crippen LogP contribution in [0.1, 0.15) is 41.2 Å². The van der Waals surface area contributed by atoms with Crippen molar-refractivity contribution in [3.05, 3.63) is 71.3 Å². The topological polar surface area (TPSA) is 82.2 Å². The average molecular weight is 446 g/mol. The van der Waals surface area contributed by atoms with Gasteiger partial charge >= 0.3 is 0 Å². The van der Waals surface area contributed by atoms with Crippen molar-refractivity contribution in [3.63, 3.8) is 0 Å². The number of aromatic nitrogens is 3. The number of hydrogen-bond donors (Lipinski definition) is 1. The largest absolute Gasteiger partial charge is 0.341 e. The number of pyridine rings is 1. The van der Waals surface area contributed by atoms with Crippen LogP contribution in [0.15, 0.2) is 48.8 Å². The lowest BCUT2D eigenvalue weighted by Gasteiger charge is -2.24. The predicted octanol–water partition coefficient (Wildman–Crippen LogP) is 3.51. The Morgan fingerprint density at radius 1 is 1.15 bits per heavy atom. The van der Waals surface area contributed by atoms with E-state index in [9.17, 15) is 9.59 Å². The fourth-order valence-electron chi connectivity index (χ4n) is 4.60. The quantitative estimate of drug-likeness (QED) is 0.630.